The van der Waals surface area contributed by atoms with Crippen molar-refractivity contribution in [1.82, 2.24) is 19.7 Å². The predicted octanol–water partition coefficient (Wildman–Crippen LogP) is 4.28. The van der Waals surface area contributed by atoms with Gasteiger partial charge in [0.25, 0.3) is 0 Å². The molecule has 0 saturated carbocycles. The monoisotopic (exact) mass is 340 g/mol. The SMILES string of the molecule is c1ccc(-n2cnnc2SCc2csc(-c3ccco3)n2)cc1. The van der Waals surface area contributed by atoms with Gasteiger partial charge in [0, 0.05) is 16.8 Å². The third-order valence-electron chi connectivity index (χ3n) is 3.18. The summed E-state index contributed by atoms with van der Waals surface area (Å²) in [5.74, 6) is 1.54. The van der Waals surface area contributed by atoms with Crippen LogP contribution in [0.3, 0.4) is 0 Å². The average molecular weight is 340 g/mol. The van der Waals surface area contributed by atoms with Gasteiger partial charge in [-0.3, -0.25) is 4.57 Å². The number of thioether (sulfide) groups is 1. The van der Waals surface area contributed by atoms with Crippen molar-refractivity contribution in [3.05, 3.63) is 66.1 Å². The van der Waals surface area contributed by atoms with E-state index in [-0.39, 0.29) is 0 Å². The van der Waals surface area contributed by atoms with Gasteiger partial charge in [-0.2, -0.15) is 0 Å². The highest BCUT2D eigenvalue weighted by Crippen LogP contribution is 2.28. The second-order valence-electron chi connectivity index (χ2n) is 4.73. The first-order valence-corrected chi connectivity index (χ1v) is 8.83. The molecule has 4 rings (SSSR count). The molecule has 0 bridgehead atoms. The number of para-hydroxylation sites is 1. The third-order valence-corrected chi connectivity index (χ3v) is 5.07. The molecule has 0 amide bonds. The quantitative estimate of drug-likeness (QED) is 0.508. The second-order valence-corrected chi connectivity index (χ2v) is 6.53. The first kappa shape index (κ1) is 14.2. The van der Waals surface area contributed by atoms with E-state index in [1.165, 1.54) is 0 Å². The zero-order valence-corrected chi connectivity index (χ0v) is 13.6. The van der Waals surface area contributed by atoms with Gasteiger partial charge < -0.3 is 4.42 Å². The number of aromatic nitrogens is 4. The minimum absolute atomic E-state index is 0.739. The molecule has 5 nitrogen and oxygen atoms in total. The topological polar surface area (TPSA) is 56.7 Å². The van der Waals surface area contributed by atoms with Crippen molar-refractivity contribution in [1.29, 1.82) is 0 Å². The van der Waals surface area contributed by atoms with E-state index in [2.05, 4.69) is 15.2 Å². The molecule has 3 aromatic heterocycles. The standard InChI is InChI=1S/C16H12N4OS2/c1-2-5-13(6-3-1)20-11-17-19-16(20)23-10-12-9-22-15(18-12)14-7-4-8-21-14/h1-9,11H,10H2. The molecule has 0 radical (unpaired) electrons. The molecule has 0 spiro atoms. The Bertz CT molecular complexity index is 884. The number of furan rings is 1. The van der Waals surface area contributed by atoms with Crippen LogP contribution in [0.2, 0.25) is 0 Å². The highest BCUT2D eigenvalue weighted by Gasteiger charge is 2.10. The smallest absolute Gasteiger partial charge is 0.195 e. The van der Waals surface area contributed by atoms with Gasteiger partial charge in [-0.1, -0.05) is 30.0 Å². The molecule has 0 N–H and O–H groups in total. The number of hydrogen-bond acceptors (Lipinski definition) is 6. The summed E-state index contributed by atoms with van der Waals surface area (Å²) in [7, 11) is 0. The van der Waals surface area contributed by atoms with Crippen molar-refractivity contribution in [2.75, 3.05) is 0 Å². The summed E-state index contributed by atoms with van der Waals surface area (Å²) in [4.78, 5) is 4.60. The maximum atomic E-state index is 5.37. The maximum absolute atomic E-state index is 5.37. The van der Waals surface area contributed by atoms with Crippen LogP contribution in [0.1, 0.15) is 5.69 Å². The van der Waals surface area contributed by atoms with Crippen LogP contribution in [0.25, 0.3) is 16.5 Å². The largest absolute Gasteiger partial charge is 0.462 e. The molecule has 0 atom stereocenters. The van der Waals surface area contributed by atoms with Crippen molar-refractivity contribution < 1.29 is 4.42 Å². The second kappa shape index (κ2) is 6.39. The molecule has 0 unspecified atom stereocenters. The van der Waals surface area contributed by atoms with Crippen molar-refractivity contribution in [2.45, 2.75) is 10.9 Å². The predicted molar refractivity (Wildman–Crippen MR) is 90.7 cm³/mol. The molecule has 23 heavy (non-hydrogen) atoms. The van der Waals surface area contributed by atoms with Crippen LogP contribution in [-0.4, -0.2) is 19.7 Å². The molecule has 114 valence electrons. The summed E-state index contributed by atoms with van der Waals surface area (Å²) in [6, 6.07) is 13.8. The minimum Gasteiger partial charge on any atom is -0.462 e. The van der Waals surface area contributed by atoms with Crippen LogP contribution in [-0.2, 0) is 5.75 Å². The van der Waals surface area contributed by atoms with Gasteiger partial charge in [-0.25, -0.2) is 4.98 Å². The third kappa shape index (κ3) is 3.06. The number of hydrogen-bond donors (Lipinski definition) is 0. The summed E-state index contributed by atoms with van der Waals surface area (Å²) < 4.78 is 7.35. The highest BCUT2D eigenvalue weighted by atomic mass is 32.2. The van der Waals surface area contributed by atoms with Crippen LogP contribution < -0.4 is 0 Å². The molecule has 0 saturated heterocycles. The van der Waals surface area contributed by atoms with E-state index in [0.717, 1.165) is 33.1 Å². The fourth-order valence-corrected chi connectivity index (χ4v) is 3.83. The summed E-state index contributed by atoms with van der Waals surface area (Å²) >= 11 is 3.20. The van der Waals surface area contributed by atoms with E-state index in [4.69, 9.17) is 4.42 Å². The van der Waals surface area contributed by atoms with Crippen LogP contribution in [0.15, 0.2) is 70.0 Å². The lowest BCUT2D eigenvalue weighted by Crippen LogP contribution is -1.94. The Morgan fingerprint density at radius 3 is 2.87 bits per heavy atom. The Labute approximate surface area is 141 Å². The van der Waals surface area contributed by atoms with Gasteiger partial charge in [0.1, 0.15) is 6.33 Å². The molecule has 0 fully saturated rings. The van der Waals surface area contributed by atoms with Gasteiger partial charge in [-0.05, 0) is 24.3 Å². The van der Waals surface area contributed by atoms with Crippen LogP contribution >= 0.6 is 23.1 Å². The fraction of sp³-hybridized carbons (Fsp3) is 0.0625. The van der Waals surface area contributed by atoms with Crippen molar-refractivity contribution in [3.8, 4) is 16.5 Å². The lowest BCUT2D eigenvalue weighted by molar-refractivity contribution is 0.581. The van der Waals surface area contributed by atoms with E-state index in [1.807, 2.05) is 52.4 Å². The lowest BCUT2D eigenvalue weighted by Gasteiger charge is -2.04. The van der Waals surface area contributed by atoms with Crippen molar-refractivity contribution in [2.24, 2.45) is 0 Å². The first-order chi connectivity index (χ1) is 11.4. The van der Waals surface area contributed by atoms with E-state index >= 15 is 0 Å². The minimum atomic E-state index is 0.739. The zero-order chi connectivity index (χ0) is 15.5. The molecule has 7 heteroatoms. The Morgan fingerprint density at radius 1 is 1.13 bits per heavy atom. The van der Waals surface area contributed by atoms with E-state index in [9.17, 15) is 0 Å². The van der Waals surface area contributed by atoms with E-state index < -0.39 is 0 Å². The molecule has 4 aromatic rings. The Morgan fingerprint density at radius 2 is 2.04 bits per heavy atom. The van der Waals surface area contributed by atoms with Crippen LogP contribution in [0.4, 0.5) is 0 Å². The van der Waals surface area contributed by atoms with Gasteiger partial charge in [-0.15, -0.1) is 21.5 Å². The van der Waals surface area contributed by atoms with Gasteiger partial charge in [0.15, 0.2) is 15.9 Å². The van der Waals surface area contributed by atoms with E-state index in [1.54, 1.807) is 35.7 Å². The molecular weight excluding hydrogens is 328 g/mol. The van der Waals surface area contributed by atoms with Gasteiger partial charge in [0.05, 0.1) is 12.0 Å². The molecule has 0 aliphatic heterocycles. The maximum Gasteiger partial charge on any atom is 0.195 e. The number of benzene rings is 1. The van der Waals surface area contributed by atoms with Gasteiger partial charge >= 0.3 is 0 Å². The normalized spacial score (nSPS) is 11.0. The van der Waals surface area contributed by atoms with Crippen LogP contribution in [0, 0.1) is 0 Å². The summed E-state index contributed by atoms with van der Waals surface area (Å²) in [5, 5.41) is 12.0. The van der Waals surface area contributed by atoms with Gasteiger partial charge in [0.2, 0.25) is 0 Å². The summed E-state index contributed by atoms with van der Waals surface area (Å²) in [6.45, 7) is 0. The van der Waals surface area contributed by atoms with Crippen molar-refractivity contribution in [3.63, 3.8) is 0 Å². The number of thiazole rings is 1. The fourth-order valence-electron chi connectivity index (χ4n) is 2.11. The number of rotatable bonds is 5. The van der Waals surface area contributed by atoms with Crippen LogP contribution in [0.5, 0.6) is 0 Å². The Hall–Kier alpha value is -2.38. The Balaban J connectivity index is 1.49. The Kier molecular flexibility index (Phi) is 3.95. The first-order valence-electron chi connectivity index (χ1n) is 6.97. The molecule has 3 heterocycles. The highest BCUT2D eigenvalue weighted by molar-refractivity contribution is 7.98. The number of nitrogens with zero attached hydrogens (tertiary/aromatic N) is 4. The molecule has 0 aliphatic rings. The summed E-state index contributed by atoms with van der Waals surface area (Å²) in [6.07, 6.45) is 3.39. The zero-order valence-electron chi connectivity index (χ0n) is 12.0. The van der Waals surface area contributed by atoms with E-state index in [0.29, 0.717) is 0 Å². The average Bonchev–Trinajstić information content (AvgIpc) is 3.33. The lowest BCUT2D eigenvalue weighted by atomic mass is 10.3. The molecule has 1 aromatic carbocycles. The van der Waals surface area contributed by atoms with Crippen molar-refractivity contribution >= 4 is 23.1 Å². The molecule has 0 aliphatic carbocycles. The summed E-state index contributed by atoms with van der Waals surface area (Å²) in [5.41, 5.74) is 2.06. The molecular formula is C16H12N4OS2.